The van der Waals surface area contributed by atoms with Crippen molar-refractivity contribution in [2.75, 3.05) is 0 Å². The number of hydrogen-bond acceptors (Lipinski definition) is 4. The molecule has 4 heterocycles. The van der Waals surface area contributed by atoms with Crippen LogP contribution in [0, 0.1) is 0 Å². The highest BCUT2D eigenvalue weighted by Gasteiger charge is 2.40. The van der Waals surface area contributed by atoms with Crippen LogP contribution in [0.15, 0.2) is 91.4 Å². The van der Waals surface area contributed by atoms with E-state index in [-0.39, 0.29) is 6.71 Å². The zero-order chi connectivity index (χ0) is 21.9. The average molecular weight is 427 g/mol. The fourth-order valence-electron chi connectivity index (χ4n) is 4.91. The van der Waals surface area contributed by atoms with Crippen molar-refractivity contribution in [1.29, 1.82) is 0 Å². The molecule has 0 bridgehead atoms. The van der Waals surface area contributed by atoms with Crippen LogP contribution in [0.25, 0.3) is 22.6 Å². The summed E-state index contributed by atoms with van der Waals surface area (Å²) in [5.41, 5.74) is 6.34. The van der Waals surface area contributed by atoms with Gasteiger partial charge in [0, 0.05) is 36.7 Å². The van der Waals surface area contributed by atoms with E-state index in [2.05, 4.69) is 34.2 Å². The molecule has 0 aliphatic carbocycles. The molecule has 0 atom stereocenters. The molecule has 6 heteroatoms. The number of hydrogen-bond donors (Lipinski definition) is 0. The van der Waals surface area contributed by atoms with E-state index in [0.717, 1.165) is 62.0 Å². The Morgan fingerprint density at radius 3 is 2.09 bits per heavy atom. The van der Waals surface area contributed by atoms with E-state index >= 15 is 0 Å². The zero-order valence-corrected chi connectivity index (χ0v) is 17.9. The van der Waals surface area contributed by atoms with Crippen molar-refractivity contribution in [3.8, 4) is 45.6 Å². The smallest absolute Gasteiger partial charge is 0.260 e. The maximum absolute atomic E-state index is 6.34. The Balaban J connectivity index is 1.47. The summed E-state index contributed by atoms with van der Waals surface area (Å²) < 4.78 is 14.7. The van der Waals surface area contributed by atoms with Gasteiger partial charge in [-0.05, 0) is 65.0 Å². The van der Waals surface area contributed by atoms with Gasteiger partial charge in [-0.25, -0.2) is 4.98 Å². The van der Waals surface area contributed by atoms with Crippen molar-refractivity contribution in [1.82, 2.24) is 14.5 Å². The number of rotatable bonds is 2. The van der Waals surface area contributed by atoms with E-state index < -0.39 is 0 Å². The standard InChI is InChI=1S/C27H18BN3O2/c1-31-14-13-30-27(31)18-9-11-23-20(16-18)28-19-15-17(21-5-2-3-12-29-21)8-10-22(19)32-24-6-4-7-25(33-23)26(24)28/h2-16H,1H3. The highest BCUT2D eigenvalue weighted by atomic mass is 16.5. The molecule has 156 valence electrons. The van der Waals surface area contributed by atoms with E-state index in [4.69, 9.17) is 9.47 Å². The lowest BCUT2D eigenvalue weighted by molar-refractivity contribution is 0.464. The van der Waals surface area contributed by atoms with Gasteiger partial charge in [0.15, 0.2) is 0 Å². The van der Waals surface area contributed by atoms with Crippen molar-refractivity contribution in [2.45, 2.75) is 0 Å². The molecular formula is C27H18BN3O2. The van der Waals surface area contributed by atoms with Crippen LogP contribution in [0.3, 0.4) is 0 Å². The third-order valence-corrected chi connectivity index (χ3v) is 6.44. The van der Waals surface area contributed by atoms with Crippen LogP contribution in [0.2, 0.25) is 0 Å². The number of fused-ring (bicyclic) bond motifs is 4. The third kappa shape index (κ3) is 2.74. The second-order valence-corrected chi connectivity index (χ2v) is 8.39. The minimum absolute atomic E-state index is 0.00687. The first-order valence-electron chi connectivity index (χ1n) is 10.9. The lowest BCUT2D eigenvalue weighted by Gasteiger charge is -2.33. The number of aryl methyl sites for hydroxylation is 1. The predicted molar refractivity (Wildman–Crippen MR) is 130 cm³/mol. The molecule has 3 aromatic carbocycles. The van der Waals surface area contributed by atoms with Crippen LogP contribution in [0.1, 0.15) is 0 Å². The van der Waals surface area contributed by atoms with E-state index in [1.54, 1.807) is 0 Å². The van der Waals surface area contributed by atoms with Crippen LogP contribution in [-0.4, -0.2) is 21.2 Å². The Bertz CT molecular complexity index is 1530. The number of aromatic nitrogens is 3. The Morgan fingerprint density at radius 1 is 0.697 bits per heavy atom. The van der Waals surface area contributed by atoms with Gasteiger partial charge < -0.3 is 14.0 Å². The third-order valence-electron chi connectivity index (χ3n) is 6.44. The summed E-state index contributed by atoms with van der Waals surface area (Å²) in [6, 6.07) is 24.6. The number of ether oxygens (including phenoxy) is 2. The molecule has 0 unspecified atom stereocenters. The number of nitrogens with zero attached hydrogens (tertiary/aromatic N) is 3. The van der Waals surface area contributed by atoms with Gasteiger partial charge >= 0.3 is 0 Å². The van der Waals surface area contributed by atoms with E-state index in [1.165, 1.54) is 0 Å². The fraction of sp³-hybridized carbons (Fsp3) is 0.0370. The number of imidazole rings is 1. The van der Waals surface area contributed by atoms with Gasteiger partial charge in [-0.2, -0.15) is 0 Å². The Morgan fingerprint density at radius 2 is 1.42 bits per heavy atom. The topological polar surface area (TPSA) is 49.2 Å². The molecule has 2 aromatic heterocycles. The first-order chi connectivity index (χ1) is 16.3. The highest BCUT2D eigenvalue weighted by molar-refractivity contribution is 6.98. The lowest BCUT2D eigenvalue weighted by atomic mass is 9.34. The van der Waals surface area contributed by atoms with Crippen LogP contribution in [0.5, 0.6) is 23.0 Å². The minimum atomic E-state index is -0.00687. The number of benzene rings is 3. The van der Waals surface area contributed by atoms with E-state index in [9.17, 15) is 0 Å². The molecule has 5 nitrogen and oxygen atoms in total. The minimum Gasteiger partial charge on any atom is -0.458 e. The largest absolute Gasteiger partial charge is 0.458 e. The summed E-state index contributed by atoms with van der Waals surface area (Å²) in [6.07, 6.45) is 5.60. The number of pyridine rings is 1. The van der Waals surface area contributed by atoms with Gasteiger partial charge in [-0.15, -0.1) is 0 Å². The van der Waals surface area contributed by atoms with Crippen molar-refractivity contribution in [2.24, 2.45) is 7.05 Å². The summed E-state index contributed by atoms with van der Waals surface area (Å²) in [7, 11) is 2.01. The molecule has 33 heavy (non-hydrogen) atoms. The van der Waals surface area contributed by atoms with Gasteiger partial charge in [0.1, 0.15) is 28.8 Å². The van der Waals surface area contributed by atoms with Crippen LogP contribution < -0.4 is 25.9 Å². The summed E-state index contributed by atoms with van der Waals surface area (Å²) >= 11 is 0. The van der Waals surface area contributed by atoms with Crippen LogP contribution >= 0.6 is 0 Å². The molecule has 2 aliphatic heterocycles. The predicted octanol–water partition coefficient (Wildman–Crippen LogP) is 3.88. The normalized spacial score (nSPS) is 12.8. The maximum atomic E-state index is 6.34. The molecule has 0 N–H and O–H groups in total. The van der Waals surface area contributed by atoms with Gasteiger partial charge in [0.05, 0.1) is 5.69 Å². The van der Waals surface area contributed by atoms with Gasteiger partial charge in [0.2, 0.25) is 0 Å². The van der Waals surface area contributed by atoms with Crippen molar-refractivity contribution in [3.05, 3.63) is 91.4 Å². The molecule has 0 saturated carbocycles. The van der Waals surface area contributed by atoms with Gasteiger partial charge in [-0.1, -0.05) is 24.3 Å². The first kappa shape index (κ1) is 18.3. The molecule has 0 fully saturated rings. The van der Waals surface area contributed by atoms with Crippen molar-refractivity contribution >= 4 is 23.1 Å². The Kier molecular flexibility index (Phi) is 3.79. The summed E-state index contributed by atoms with van der Waals surface area (Å²) in [5.74, 6) is 4.32. The van der Waals surface area contributed by atoms with E-state index in [1.807, 2.05) is 78.7 Å². The molecule has 5 aromatic rings. The van der Waals surface area contributed by atoms with Crippen molar-refractivity contribution in [3.63, 3.8) is 0 Å². The maximum Gasteiger partial charge on any atom is 0.260 e. The molecule has 7 rings (SSSR count). The summed E-state index contributed by atoms with van der Waals surface area (Å²) in [4.78, 5) is 9.10. The van der Waals surface area contributed by atoms with Gasteiger partial charge in [0.25, 0.3) is 6.71 Å². The molecule has 2 aliphatic rings. The van der Waals surface area contributed by atoms with Crippen LogP contribution in [-0.2, 0) is 7.05 Å². The molecular weight excluding hydrogens is 409 g/mol. The quantitative estimate of drug-likeness (QED) is 0.393. The van der Waals surface area contributed by atoms with Crippen LogP contribution in [0.4, 0.5) is 0 Å². The highest BCUT2D eigenvalue weighted by Crippen LogP contribution is 2.36. The molecule has 0 radical (unpaired) electrons. The molecule has 0 amide bonds. The lowest BCUT2D eigenvalue weighted by Crippen LogP contribution is -2.57. The van der Waals surface area contributed by atoms with E-state index in [0.29, 0.717) is 0 Å². The molecule has 0 saturated heterocycles. The average Bonchev–Trinajstić information content (AvgIpc) is 3.29. The molecule has 0 spiro atoms. The van der Waals surface area contributed by atoms with Gasteiger partial charge in [-0.3, -0.25) is 4.98 Å². The SMILES string of the molecule is Cn1ccnc1-c1ccc2c(c1)B1c3cc(-c4ccccn4)ccc3Oc3cccc(c31)O2. The zero-order valence-electron chi connectivity index (χ0n) is 17.9. The second kappa shape index (κ2) is 6.84. The fourth-order valence-corrected chi connectivity index (χ4v) is 4.91. The Hall–Kier alpha value is -4.32. The monoisotopic (exact) mass is 427 g/mol. The Labute approximate surface area is 191 Å². The van der Waals surface area contributed by atoms with Crippen molar-refractivity contribution < 1.29 is 9.47 Å². The summed E-state index contributed by atoms with van der Waals surface area (Å²) in [6.45, 7) is -0.00687. The second-order valence-electron chi connectivity index (χ2n) is 8.39. The summed E-state index contributed by atoms with van der Waals surface area (Å²) in [5, 5.41) is 0. The first-order valence-corrected chi connectivity index (χ1v) is 10.9.